The van der Waals surface area contributed by atoms with Crippen molar-refractivity contribution >= 4 is 11.3 Å². The van der Waals surface area contributed by atoms with Gasteiger partial charge in [0.05, 0.1) is 6.20 Å². The van der Waals surface area contributed by atoms with Crippen molar-refractivity contribution in [2.24, 2.45) is 0 Å². The minimum atomic E-state index is 0.499. The van der Waals surface area contributed by atoms with Gasteiger partial charge in [0, 0.05) is 12.4 Å². The first-order chi connectivity index (χ1) is 7.34. The summed E-state index contributed by atoms with van der Waals surface area (Å²) >= 11 is 0. The minimum absolute atomic E-state index is 0.499. The van der Waals surface area contributed by atoms with E-state index in [1.54, 1.807) is 0 Å². The van der Waals surface area contributed by atoms with Gasteiger partial charge in [0.15, 0.2) is 0 Å². The lowest BCUT2D eigenvalue weighted by molar-refractivity contribution is 0.431. The Morgan fingerprint density at radius 3 is 3.00 bits per heavy atom. The zero-order valence-electron chi connectivity index (χ0n) is 7.79. The standard InChI is InChI=1S/C10H8N4O/c11-7-5-12-15-10(7)8-6-14-4-2-1-3-9(14)13-8/h1-6H,11H2. The SMILES string of the molecule is Nc1cnoc1-c1cn2ccccc2n1. The fraction of sp³-hybridized carbons (Fsp3) is 0. The van der Waals surface area contributed by atoms with E-state index in [-0.39, 0.29) is 0 Å². The Bertz CT molecular complexity index is 577. The van der Waals surface area contributed by atoms with Crippen molar-refractivity contribution < 1.29 is 4.52 Å². The predicted octanol–water partition coefficient (Wildman–Crippen LogP) is 1.57. The van der Waals surface area contributed by atoms with Crippen LogP contribution in [0.25, 0.3) is 17.1 Å². The summed E-state index contributed by atoms with van der Waals surface area (Å²) in [5.41, 5.74) is 7.73. The van der Waals surface area contributed by atoms with Gasteiger partial charge >= 0.3 is 0 Å². The van der Waals surface area contributed by atoms with Crippen molar-refractivity contribution in [3.05, 3.63) is 36.8 Å². The van der Waals surface area contributed by atoms with E-state index in [0.717, 1.165) is 5.65 Å². The third-order valence-corrected chi connectivity index (χ3v) is 2.19. The molecular weight excluding hydrogens is 192 g/mol. The first-order valence-corrected chi connectivity index (χ1v) is 4.49. The quantitative estimate of drug-likeness (QED) is 0.647. The molecule has 0 fully saturated rings. The summed E-state index contributed by atoms with van der Waals surface area (Å²) in [7, 11) is 0. The fourth-order valence-corrected chi connectivity index (χ4v) is 1.49. The summed E-state index contributed by atoms with van der Waals surface area (Å²) in [5, 5.41) is 3.62. The zero-order chi connectivity index (χ0) is 10.3. The maximum absolute atomic E-state index is 5.69. The Kier molecular flexibility index (Phi) is 1.53. The number of fused-ring (bicyclic) bond motifs is 1. The average molecular weight is 200 g/mol. The van der Waals surface area contributed by atoms with E-state index >= 15 is 0 Å². The van der Waals surface area contributed by atoms with Gasteiger partial charge in [0.25, 0.3) is 0 Å². The molecule has 5 heteroatoms. The molecule has 3 aromatic heterocycles. The Labute approximate surface area is 85.1 Å². The van der Waals surface area contributed by atoms with Gasteiger partial charge in [-0.3, -0.25) is 0 Å². The molecule has 2 N–H and O–H groups in total. The molecule has 0 saturated heterocycles. The Hall–Kier alpha value is -2.30. The van der Waals surface area contributed by atoms with Crippen LogP contribution in [0.5, 0.6) is 0 Å². The van der Waals surface area contributed by atoms with Gasteiger partial charge in [-0.15, -0.1) is 0 Å². The van der Waals surface area contributed by atoms with Crippen LogP contribution in [0.1, 0.15) is 0 Å². The van der Waals surface area contributed by atoms with Crippen molar-refractivity contribution in [2.45, 2.75) is 0 Å². The van der Waals surface area contributed by atoms with E-state index in [2.05, 4.69) is 10.1 Å². The molecule has 0 aliphatic heterocycles. The molecule has 0 atom stereocenters. The van der Waals surface area contributed by atoms with E-state index in [1.165, 1.54) is 6.20 Å². The number of nitrogens with zero attached hydrogens (tertiary/aromatic N) is 3. The number of nitrogen functional groups attached to an aromatic ring is 1. The summed E-state index contributed by atoms with van der Waals surface area (Å²) in [4.78, 5) is 4.37. The predicted molar refractivity (Wildman–Crippen MR) is 55.1 cm³/mol. The Morgan fingerprint density at radius 2 is 2.27 bits per heavy atom. The van der Waals surface area contributed by atoms with Crippen molar-refractivity contribution in [2.75, 3.05) is 5.73 Å². The van der Waals surface area contributed by atoms with E-state index in [9.17, 15) is 0 Å². The second-order valence-corrected chi connectivity index (χ2v) is 3.20. The normalized spacial score (nSPS) is 10.9. The average Bonchev–Trinajstić information content (AvgIpc) is 2.82. The first-order valence-electron chi connectivity index (χ1n) is 4.49. The number of imidazole rings is 1. The molecule has 0 radical (unpaired) electrons. The molecule has 15 heavy (non-hydrogen) atoms. The third kappa shape index (κ3) is 1.17. The summed E-state index contributed by atoms with van der Waals surface area (Å²) in [6.07, 6.45) is 5.24. The van der Waals surface area contributed by atoms with Gasteiger partial charge in [-0.2, -0.15) is 0 Å². The molecule has 3 aromatic rings. The second-order valence-electron chi connectivity index (χ2n) is 3.20. The molecule has 0 amide bonds. The summed E-state index contributed by atoms with van der Waals surface area (Å²) in [5.74, 6) is 0.513. The minimum Gasteiger partial charge on any atom is -0.394 e. The summed E-state index contributed by atoms with van der Waals surface area (Å²) in [6.45, 7) is 0. The van der Waals surface area contributed by atoms with Crippen LogP contribution < -0.4 is 5.73 Å². The monoisotopic (exact) mass is 200 g/mol. The van der Waals surface area contributed by atoms with Crippen molar-refractivity contribution in [1.82, 2.24) is 14.5 Å². The highest BCUT2D eigenvalue weighted by atomic mass is 16.5. The highest BCUT2D eigenvalue weighted by molar-refractivity contribution is 5.68. The van der Waals surface area contributed by atoms with Crippen LogP contribution in [0.2, 0.25) is 0 Å². The second kappa shape index (κ2) is 2.84. The van der Waals surface area contributed by atoms with E-state index < -0.39 is 0 Å². The van der Waals surface area contributed by atoms with E-state index in [0.29, 0.717) is 17.1 Å². The zero-order valence-corrected chi connectivity index (χ0v) is 7.79. The first kappa shape index (κ1) is 8.05. The third-order valence-electron chi connectivity index (χ3n) is 2.19. The topological polar surface area (TPSA) is 69.3 Å². The molecule has 0 aliphatic carbocycles. The lowest BCUT2D eigenvalue weighted by Crippen LogP contribution is -1.83. The van der Waals surface area contributed by atoms with Crippen LogP contribution in [0.3, 0.4) is 0 Å². The maximum atomic E-state index is 5.69. The van der Waals surface area contributed by atoms with Crippen LogP contribution in [0.15, 0.2) is 41.3 Å². The molecule has 0 aromatic carbocycles. The van der Waals surface area contributed by atoms with Crippen molar-refractivity contribution in [1.29, 1.82) is 0 Å². The molecule has 0 unspecified atom stereocenters. The van der Waals surface area contributed by atoms with Gasteiger partial charge in [0.2, 0.25) is 5.76 Å². The van der Waals surface area contributed by atoms with Gasteiger partial charge in [-0.1, -0.05) is 11.2 Å². The molecule has 74 valence electrons. The smallest absolute Gasteiger partial charge is 0.209 e. The number of hydrogen-bond acceptors (Lipinski definition) is 4. The molecule has 0 bridgehead atoms. The van der Waals surface area contributed by atoms with Crippen LogP contribution >= 0.6 is 0 Å². The van der Waals surface area contributed by atoms with Crippen LogP contribution in [0.4, 0.5) is 5.69 Å². The Morgan fingerprint density at radius 1 is 1.33 bits per heavy atom. The molecule has 0 saturated carbocycles. The van der Waals surface area contributed by atoms with Crippen molar-refractivity contribution in [3.63, 3.8) is 0 Å². The van der Waals surface area contributed by atoms with Crippen LogP contribution in [-0.4, -0.2) is 14.5 Å². The van der Waals surface area contributed by atoms with E-state index in [1.807, 2.05) is 35.0 Å². The number of hydrogen-bond donors (Lipinski definition) is 1. The van der Waals surface area contributed by atoms with Crippen LogP contribution in [0, 0.1) is 0 Å². The molecule has 0 spiro atoms. The van der Waals surface area contributed by atoms with Gasteiger partial charge in [0.1, 0.15) is 17.0 Å². The summed E-state index contributed by atoms with van der Waals surface area (Å²) < 4.78 is 6.93. The number of nitrogens with two attached hydrogens (primary N) is 1. The lowest BCUT2D eigenvalue weighted by atomic mass is 10.3. The van der Waals surface area contributed by atoms with E-state index in [4.69, 9.17) is 10.3 Å². The number of rotatable bonds is 1. The van der Waals surface area contributed by atoms with Crippen molar-refractivity contribution in [3.8, 4) is 11.5 Å². The molecule has 5 nitrogen and oxygen atoms in total. The van der Waals surface area contributed by atoms with Gasteiger partial charge < -0.3 is 14.7 Å². The highest BCUT2D eigenvalue weighted by Gasteiger charge is 2.11. The van der Waals surface area contributed by atoms with Gasteiger partial charge in [-0.05, 0) is 12.1 Å². The molecule has 3 heterocycles. The number of pyridine rings is 1. The number of aromatic nitrogens is 3. The molecular formula is C10H8N4O. The lowest BCUT2D eigenvalue weighted by Gasteiger charge is -1.87. The van der Waals surface area contributed by atoms with Gasteiger partial charge in [-0.25, -0.2) is 4.98 Å². The largest absolute Gasteiger partial charge is 0.394 e. The highest BCUT2D eigenvalue weighted by Crippen LogP contribution is 2.24. The maximum Gasteiger partial charge on any atom is 0.209 e. The fourth-order valence-electron chi connectivity index (χ4n) is 1.49. The van der Waals surface area contributed by atoms with Crippen LogP contribution in [-0.2, 0) is 0 Å². The summed E-state index contributed by atoms with van der Waals surface area (Å²) in [6, 6.07) is 5.77. The molecule has 3 rings (SSSR count). The Balaban J connectivity index is 2.24. The molecule has 0 aliphatic rings. The number of anilines is 1.